The maximum Gasteiger partial charge on any atom is 0.293 e. The van der Waals surface area contributed by atoms with Gasteiger partial charge in [0.05, 0.1) is 11.0 Å². The van der Waals surface area contributed by atoms with Crippen molar-refractivity contribution in [3.63, 3.8) is 0 Å². The topological polar surface area (TPSA) is 101 Å². The average Bonchev–Trinajstić information content (AvgIpc) is 3.54. The van der Waals surface area contributed by atoms with Crippen LogP contribution >= 0.6 is 0 Å². The van der Waals surface area contributed by atoms with Crippen molar-refractivity contribution in [1.82, 2.24) is 24.1 Å². The molecule has 1 atom stereocenters. The number of hydrogen-bond acceptors (Lipinski definition) is 7. The summed E-state index contributed by atoms with van der Waals surface area (Å²) < 4.78 is 20.5. The maximum absolute atomic E-state index is 13.8. The van der Waals surface area contributed by atoms with Gasteiger partial charge >= 0.3 is 0 Å². The summed E-state index contributed by atoms with van der Waals surface area (Å²) in [5.74, 6) is 1.66. The molecule has 9 heteroatoms. The number of aryl methyl sites for hydroxylation is 1. The highest BCUT2D eigenvalue weighted by atomic mass is 16.5. The summed E-state index contributed by atoms with van der Waals surface area (Å²) in [6, 6.07) is 11.3. The van der Waals surface area contributed by atoms with E-state index in [1.807, 2.05) is 44.2 Å². The van der Waals surface area contributed by atoms with Crippen molar-refractivity contribution >= 4 is 16.6 Å². The van der Waals surface area contributed by atoms with Gasteiger partial charge in [-0.05, 0) is 51.0 Å². The highest BCUT2D eigenvalue weighted by Crippen LogP contribution is 2.33. The van der Waals surface area contributed by atoms with Crippen molar-refractivity contribution in [1.29, 1.82) is 0 Å². The van der Waals surface area contributed by atoms with E-state index in [9.17, 15) is 4.79 Å². The van der Waals surface area contributed by atoms with E-state index >= 15 is 0 Å². The highest BCUT2D eigenvalue weighted by Gasteiger charge is 2.35. The van der Waals surface area contributed by atoms with Crippen LogP contribution in [0.25, 0.3) is 39.7 Å². The lowest BCUT2D eigenvalue weighted by molar-refractivity contribution is -0.0447. The third-order valence-corrected chi connectivity index (χ3v) is 5.82. The van der Waals surface area contributed by atoms with Crippen molar-refractivity contribution in [2.45, 2.75) is 32.4 Å². The van der Waals surface area contributed by atoms with Crippen LogP contribution in [-0.4, -0.2) is 30.7 Å². The summed E-state index contributed by atoms with van der Waals surface area (Å²) in [5.41, 5.74) is 1.42. The van der Waals surface area contributed by atoms with Crippen LogP contribution in [0.15, 0.2) is 56.5 Å². The molecule has 31 heavy (non-hydrogen) atoms. The molecule has 1 aliphatic rings. The molecule has 0 amide bonds. The lowest BCUT2D eigenvalue weighted by Crippen LogP contribution is -2.39. The molecule has 5 aromatic rings. The van der Waals surface area contributed by atoms with E-state index in [4.69, 9.17) is 13.7 Å². The Bertz CT molecular complexity index is 1500. The van der Waals surface area contributed by atoms with Gasteiger partial charge in [0.2, 0.25) is 5.82 Å². The lowest BCUT2D eigenvalue weighted by atomic mass is 10.1. The minimum absolute atomic E-state index is 0.212. The van der Waals surface area contributed by atoms with E-state index < -0.39 is 5.72 Å². The molecule has 0 aliphatic carbocycles. The molecule has 9 nitrogen and oxygen atoms in total. The molecule has 0 radical (unpaired) electrons. The standard InChI is InChI=1S/C22H19N5O4/c1-13-8-9-16(30-13)20-24-19(25-31-20)17-18-21(28)27(22(2)10-5-11-29-22)15-7-4-3-6-14(15)26(18)12-23-17/h3-4,6-9,12H,5,10-11H2,1-2H3. The fourth-order valence-electron chi connectivity index (χ4n) is 4.35. The first-order chi connectivity index (χ1) is 15.0. The van der Waals surface area contributed by atoms with Gasteiger partial charge in [-0.1, -0.05) is 17.3 Å². The number of imidazole rings is 1. The Morgan fingerprint density at radius 2 is 1.97 bits per heavy atom. The molecule has 1 unspecified atom stereocenters. The first kappa shape index (κ1) is 18.1. The van der Waals surface area contributed by atoms with Gasteiger partial charge in [-0.3, -0.25) is 13.8 Å². The number of furan rings is 1. The Morgan fingerprint density at radius 3 is 2.71 bits per heavy atom. The van der Waals surface area contributed by atoms with Crippen LogP contribution in [0.5, 0.6) is 0 Å². The van der Waals surface area contributed by atoms with Crippen molar-refractivity contribution in [3.05, 3.63) is 58.8 Å². The van der Waals surface area contributed by atoms with Crippen LogP contribution in [0.4, 0.5) is 0 Å². The number of ether oxygens (including phenoxy) is 1. The molecule has 1 fully saturated rings. The molecule has 1 aliphatic heterocycles. The Balaban J connectivity index is 1.62. The third-order valence-electron chi connectivity index (χ3n) is 5.82. The molecular weight excluding hydrogens is 398 g/mol. The molecule has 0 bridgehead atoms. The summed E-state index contributed by atoms with van der Waals surface area (Å²) in [6.07, 6.45) is 3.26. The number of fused-ring (bicyclic) bond motifs is 3. The van der Waals surface area contributed by atoms with Crippen molar-refractivity contribution in [2.75, 3.05) is 6.61 Å². The average molecular weight is 417 g/mol. The van der Waals surface area contributed by atoms with E-state index in [0.717, 1.165) is 29.6 Å². The Hall–Kier alpha value is -3.72. The summed E-state index contributed by atoms with van der Waals surface area (Å²) in [6.45, 7) is 4.40. The molecule has 1 saturated heterocycles. The Labute approximate surface area is 175 Å². The van der Waals surface area contributed by atoms with Crippen LogP contribution in [-0.2, 0) is 10.5 Å². The normalized spacial score (nSPS) is 19.0. The maximum atomic E-state index is 13.8. The summed E-state index contributed by atoms with van der Waals surface area (Å²) in [5, 5.41) is 4.06. The number of hydrogen-bond donors (Lipinski definition) is 0. The largest absolute Gasteiger partial charge is 0.456 e. The summed E-state index contributed by atoms with van der Waals surface area (Å²) in [4.78, 5) is 22.7. The second-order valence-corrected chi connectivity index (χ2v) is 7.90. The van der Waals surface area contributed by atoms with Gasteiger partial charge < -0.3 is 13.7 Å². The van der Waals surface area contributed by atoms with E-state index in [1.54, 1.807) is 21.4 Å². The number of aromatic nitrogens is 5. The van der Waals surface area contributed by atoms with Crippen LogP contribution in [0.1, 0.15) is 25.5 Å². The fourth-order valence-corrected chi connectivity index (χ4v) is 4.35. The molecule has 5 heterocycles. The molecule has 4 aromatic heterocycles. The van der Waals surface area contributed by atoms with Gasteiger partial charge in [-0.2, -0.15) is 4.98 Å². The minimum Gasteiger partial charge on any atom is -0.456 e. The number of para-hydroxylation sites is 2. The van der Waals surface area contributed by atoms with Crippen LogP contribution in [0, 0.1) is 6.92 Å². The van der Waals surface area contributed by atoms with Crippen molar-refractivity contribution < 1.29 is 13.7 Å². The zero-order valence-electron chi connectivity index (χ0n) is 17.0. The second-order valence-electron chi connectivity index (χ2n) is 7.90. The van der Waals surface area contributed by atoms with Gasteiger partial charge in [0.15, 0.2) is 5.76 Å². The quantitative estimate of drug-likeness (QED) is 0.441. The van der Waals surface area contributed by atoms with Crippen molar-refractivity contribution in [2.24, 2.45) is 0 Å². The first-order valence-corrected chi connectivity index (χ1v) is 10.1. The SMILES string of the molecule is Cc1ccc(-c2nc(-c3ncn4c3c(=O)n(C3(C)CCCO3)c3ccccc34)no2)o1. The molecule has 0 spiro atoms. The highest BCUT2D eigenvalue weighted by molar-refractivity contribution is 5.84. The monoisotopic (exact) mass is 417 g/mol. The Morgan fingerprint density at radius 1 is 1.13 bits per heavy atom. The van der Waals surface area contributed by atoms with Gasteiger partial charge in [0, 0.05) is 6.61 Å². The molecule has 156 valence electrons. The van der Waals surface area contributed by atoms with E-state index in [-0.39, 0.29) is 17.3 Å². The van der Waals surface area contributed by atoms with Crippen LogP contribution in [0.2, 0.25) is 0 Å². The molecule has 6 rings (SSSR count). The van der Waals surface area contributed by atoms with E-state index in [0.29, 0.717) is 23.6 Å². The number of benzene rings is 1. The minimum atomic E-state index is -0.728. The van der Waals surface area contributed by atoms with Gasteiger partial charge in [0.1, 0.15) is 29.0 Å². The Kier molecular flexibility index (Phi) is 3.73. The zero-order valence-corrected chi connectivity index (χ0v) is 17.0. The number of nitrogens with zero attached hydrogens (tertiary/aromatic N) is 5. The smallest absolute Gasteiger partial charge is 0.293 e. The molecular formula is C22H19N5O4. The molecule has 1 aromatic carbocycles. The fraction of sp³-hybridized carbons (Fsp3) is 0.273. The van der Waals surface area contributed by atoms with Gasteiger partial charge in [-0.15, -0.1) is 0 Å². The predicted molar refractivity (Wildman–Crippen MR) is 112 cm³/mol. The van der Waals surface area contributed by atoms with E-state index in [1.165, 1.54) is 0 Å². The first-order valence-electron chi connectivity index (χ1n) is 10.1. The summed E-state index contributed by atoms with van der Waals surface area (Å²) in [7, 11) is 0. The zero-order chi connectivity index (χ0) is 21.2. The van der Waals surface area contributed by atoms with Gasteiger partial charge in [0.25, 0.3) is 11.4 Å². The summed E-state index contributed by atoms with van der Waals surface area (Å²) >= 11 is 0. The van der Waals surface area contributed by atoms with Crippen LogP contribution < -0.4 is 5.56 Å². The van der Waals surface area contributed by atoms with E-state index in [2.05, 4.69) is 15.1 Å². The van der Waals surface area contributed by atoms with Crippen molar-refractivity contribution in [3.8, 4) is 23.2 Å². The number of rotatable bonds is 3. The molecule has 0 N–H and O–H groups in total. The van der Waals surface area contributed by atoms with Crippen LogP contribution in [0.3, 0.4) is 0 Å². The van der Waals surface area contributed by atoms with Gasteiger partial charge in [-0.25, -0.2) is 4.98 Å². The molecule has 0 saturated carbocycles. The second kappa shape index (κ2) is 6.39. The predicted octanol–water partition coefficient (Wildman–Crippen LogP) is 3.75. The lowest BCUT2D eigenvalue weighted by Gasteiger charge is -2.28. The third kappa shape index (κ3) is 2.59.